The molecular formula is C11H9N5O4. The topological polar surface area (TPSA) is 137 Å². The molecule has 0 radical (unpaired) electrons. The number of hydrogen-bond donors (Lipinski definition) is 4. The summed E-state index contributed by atoms with van der Waals surface area (Å²) in [6, 6.07) is 2.98. The molecule has 9 heteroatoms. The average molecular weight is 275 g/mol. The van der Waals surface area contributed by atoms with E-state index in [2.05, 4.69) is 25.8 Å². The Labute approximate surface area is 112 Å². The minimum absolute atomic E-state index is 0.0105. The molecule has 2 aromatic rings. The van der Waals surface area contributed by atoms with Crippen LogP contribution in [0.15, 0.2) is 30.6 Å². The molecule has 0 aliphatic heterocycles. The van der Waals surface area contributed by atoms with Crippen LogP contribution in [0, 0.1) is 0 Å². The molecule has 20 heavy (non-hydrogen) atoms. The van der Waals surface area contributed by atoms with E-state index in [0.717, 1.165) is 6.07 Å². The molecule has 1 aromatic carbocycles. The first-order valence-electron chi connectivity index (χ1n) is 5.34. The molecule has 0 saturated carbocycles. The van der Waals surface area contributed by atoms with Gasteiger partial charge < -0.3 is 15.5 Å². The SMILES string of the molecule is O=C(Nc1ccc(C(=O)O)c(O)c1)Nc1nccnn1. The number of nitrogens with one attached hydrogen (secondary N) is 2. The van der Waals surface area contributed by atoms with Crippen LogP contribution in [0.2, 0.25) is 0 Å². The van der Waals surface area contributed by atoms with Crippen LogP contribution in [0.3, 0.4) is 0 Å². The maximum Gasteiger partial charge on any atom is 0.339 e. The number of carbonyl (C=O) groups is 2. The van der Waals surface area contributed by atoms with Gasteiger partial charge in [-0.15, -0.1) is 5.10 Å². The van der Waals surface area contributed by atoms with E-state index in [1.165, 1.54) is 24.5 Å². The first-order chi connectivity index (χ1) is 9.56. The van der Waals surface area contributed by atoms with Gasteiger partial charge in [0.15, 0.2) is 0 Å². The van der Waals surface area contributed by atoms with Gasteiger partial charge in [-0.25, -0.2) is 14.6 Å². The van der Waals surface area contributed by atoms with Crippen molar-refractivity contribution in [3.63, 3.8) is 0 Å². The second-order valence-electron chi connectivity index (χ2n) is 3.58. The van der Waals surface area contributed by atoms with E-state index in [9.17, 15) is 14.7 Å². The number of carbonyl (C=O) groups excluding carboxylic acids is 1. The van der Waals surface area contributed by atoms with Gasteiger partial charge in [-0.3, -0.25) is 5.32 Å². The van der Waals surface area contributed by atoms with Crippen molar-refractivity contribution in [3.05, 3.63) is 36.2 Å². The van der Waals surface area contributed by atoms with Gasteiger partial charge in [-0.2, -0.15) is 5.10 Å². The van der Waals surface area contributed by atoms with Gasteiger partial charge in [-0.05, 0) is 12.1 Å². The Morgan fingerprint density at radius 3 is 2.55 bits per heavy atom. The molecule has 4 N–H and O–H groups in total. The van der Waals surface area contributed by atoms with E-state index < -0.39 is 17.7 Å². The number of amides is 2. The fourth-order valence-electron chi connectivity index (χ4n) is 1.36. The van der Waals surface area contributed by atoms with Gasteiger partial charge in [0, 0.05) is 11.8 Å². The minimum Gasteiger partial charge on any atom is -0.507 e. The van der Waals surface area contributed by atoms with Gasteiger partial charge in [-0.1, -0.05) is 0 Å². The van der Waals surface area contributed by atoms with Gasteiger partial charge in [0.2, 0.25) is 0 Å². The third kappa shape index (κ3) is 3.16. The van der Waals surface area contributed by atoms with Crippen LogP contribution < -0.4 is 10.6 Å². The van der Waals surface area contributed by atoms with Crippen molar-refractivity contribution in [2.45, 2.75) is 0 Å². The molecule has 0 spiro atoms. The summed E-state index contributed by atoms with van der Waals surface area (Å²) in [5.74, 6) is -1.70. The van der Waals surface area contributed by atoms with Gasteiger partial charge in [0.05, 0.1) is 12.4 Å². The summed E-state index contributed by atoms with van der Waals surface area (Å²) in [6.07, 6.45) is 2.71. The quantitative estimate of drug-likeness (QED) is 0.653. The summed E-state index contributed by atoms with van der Waals surface area (Å²) >= 11 is 0. The number of aromatic hydroxyl groups is 1. The normalized spacial score (nSPS) is 9.80. The molecule has 0 atom stereocenters. The Balaban J connectivity index is 2.05. The number of carboxylic acids is 1. The Kier molecular flexibility index (Phi) is 3.70. The summed E-state index contributed by atoms with van der Waals surface area (Å²) in [6.45, 7) is 0. The summed E-state index contributed by atoms with van der Waals surface area (Å²) in [7, 11) is 0. The largest absolute Gasteiger partial charge is 0.507 e. The zero-order valence-corrected chi connectivity index (χ0v) is 9.94. The highest BCUT2D eigenvalue weighted by Crippen LogP contribution is 2.21. The van der Waals surface area contributed by atoms with E-state index in [0.29, 0.717) is 0 Å². The van der Waals surface area contributed by atoms with Crippen molar-refractivity contribution in [1.82, 2.24) is 15.2 Å². The zero-order chi connectivity index (χ0) is 14.5. The first-order valence-corrected chi connectivity index (χ1v) is 5.34. The smallest absolute Gasteiger partial charge is 0.339 e. The second kappa shape index (κ2) is 5.61. The molecule has 0 aliphatic rings. The minimum atomic E-state index is -1.26. The number of carboxylic acid groups (broad SMARTS) is 1. The lowest BCUT2D eigenvalue weighted by molar-refractivity contribution is 0.0694. The lowest BCUT2D eigenvalue weighted by atomic mass is 10.2. The number of aromatic nitrogens is 3. The number of phenols is 1. The number of benzene rings is 1. The third-order valence-electron chi connectivity index (χ3n) is 2.19. The fourth-order valence-corrected chi connectivity index (χ4v) is 1.36. The number of hydrogen-bond acceptors (Lipinski definition) is 6. The van der Waals surface area contributed by atoms with Crippen LogP contribution in [0.4, 0.5) is 16.4 Å². The highest BCUT2D eigenvalue weighted by atomic mass is 16.4. The van der Waals surface area contributed by atoms with Crippen LogP contribution in [-0.2, 0) is 0 Å². The number of nitrogens with zero attached hydrogens (tertiary/aromatic N) is 3. The summed E-state index contributed by atoms with van der Waals surface area (Å²) < 4.78 is 0. The number of anilines is 2. The third-order valence-corrected chi connectivity index (χ3v) is 2.19. The molecule has 0 fully saturated rings. The molecule has 9 nitrogen and oxygen atoms in total. The van der Waals surface area contributed by atoms with Crippen LogP contribution in [0.1, 0.15) is 10.4 Å². The number of rotatable bonds is 3. The van der Waals surface area contributed by atoms with Crippen LogP contribution in [0.5, 0.6) is 5.75 Å². The molecule has 0 bridgehead atoms. The lowest BCUT2D eigenvalue weighted by Gasteiger charge is -2.07. The second-order valence-corrected chi connectivity index (χ2v) is 3.58. The van der Waals surface area contributed by atoms with E-state index in [4.69, 9.17) is 5.11 Å². The Morgan fingerprint density at radius 1 is 1.15 bits per heavy atom. The first kappa shape index (κ1) is 13.2. The summed E-state index contributed by atoms with van der Waals surface area (Å²) in [5.41, 5.74) is -0.0413. The predicted molar refractivity (Wildman–Crippen MR) is 67.5 cm³/mol. The molecule has 1 heterocycles. The Bertz CT molecular complexity index is 647. The average Bonchev–Trinajstić information content (AvgIpc) is 2.39. The number of urea groups is 1. The highest BCUT2D eigenvalue weighted by Gasteiger charge is 2.11. The van der Waals surface area contributed by atoms with E-state index in [-0.39, 0.29) is 17.2 Å². The van der Waals surface area contributed by atoms with Crippen molar-refractivity contribution < 1.29 is 19.8 Å². The molecule has 2 rings (SSSR count). The molecule has 0 aliphatic carbocycles. The zero-order valence-electron chi connectivity index (χ0n) is 9.94. The molecule has 0 unspecified atom stereocenters. The molecule has 1 aromatic heterocycles. The molecular weight excluding hydrogens is 266 g/mol. The Hall–Kier alpha value is -3.23. The van der Waals surface area contributed by atoms with Gasteiger partial charge in [0.25, 0.3) is 5.95 Å². The van der Waals surface area contributed by atoms with Crippen LogP contribution in [-0.4, -0.2) is 37.4 Å². The fraction of sp³-hybridized carbons (Fsp3) is 0. The summed E-state index contributed by atoms with van der Waals surface area (Å²) in [5, 5.41) is 30.0. The molecule has 102 valence electrons. The molecule has 2 amide bonds. The molecule has 0 saturated heterocycles. The lowest BCUT2D eigenvalue weighted by Crippen LogP contribution is -2.21. The van der Waals surface area contributed by atoms with E-state index in [1.807, 2.05) is 0 Å². The predicted octanol–water partition coefficient (Wildman–Crippen LogP) is 0.919. The van der Waals surface area contributed by atoms with Crippen LogP contribution >= 0.6 is 0 Å². The van der Waals surface area contributed by atoms with Crippen molar-refractivity contribution in [2.75, 3.05) is 10.6 Å². The monoisotopic (exact) mass is 275 g/mol. The van der Waals surface area contributed by atoms with Crippen molar-refractivity contribution >= 4 is 23.6 Å². The highest BCUT2D eigenvalue weighted by molar-refractivity contribution is 5.99. The Morgan fingerprint density at radius 2 is 1.95 bits per heavy atom. The van der Waals surface area contributed by atoms with E-state index in [1.54, 1.807) is 0 Å². The van der Waals surface area contributed by atoms with Gasteiger partial charge >= 0.3 is 12.0 Å². The maximum absolute atomic E-state index is 11.6. The summed E-state index contributed by atoms with van der Waals surface area (Å²) in [4.78, 5) is 26.0. The van der Waals surface area contributed by atoms with Crippen molar-refractivity contribution in [2.24, 2.45) is 0 Å². The van der Waals surface area contributed by atoms with Gasteiger partial charge in [0.1, 0.15) is 11.3 Å². The van der Waals surface area contributed by atoms with E-state index >= 15 is 0 Å². The number of aromatic carboxylic acids is 1. The van der Waals surface area contributed by atoms with Crippen molar-refractivity contribution in [1.29, 1.82) is 0 Å². The van der Waals surface area contributed by atoms with Crippen molar-refractivity contribution in [3.8, 4) is 5.75 Å². The van der Waals surface area contributed by atoms with Crippen LogP contribution in [0.25, 0.3) is 0 Å². The standard InChI is InChI=1S/C11H9N5O4/c17-8-5-6(1-2-7(8)9(18)19)14-11(20)15-10-12-3-4-13-16-10/h1-5,17H,(H,18,19)(H2,12,14,15,16,20). The maximum atomic E-state index is 11.6.